The van der Waals surface area contributed by atoms with Gasteiger partial charge in [-0.05, 0) is 24.1 Å². The van der Waals surface area contributed by atoms with Crippen molar-refractivity contribution in [3.63, 3.8) is 0 Å². The maximum Gasteiger partial charge on any atom is 0.226 e. The first-order valence-corrected chi connectivity index (χ1v) is 8.32. The van der Waals surface area contributed by atoms with Crippen LogP contribution in [0.15, 0.2) is 34.1 Å². The summed E-state index contributed by atoms with van der Waals surface area (Å²) in [5, 5.41) is 5.46. The third kappa shape index (κ3) is 5.57. The second-order valence-corrected chi connectivity index (χ2v) is 6.37. The molecular formula is C15H17BrN2O2S. The maximum absolute atomic E-state index is 11.7. The Labute approximate surface area is 136 Å². The van der Waals surface area contributed by atoms with Crippen molar-refractivity contribution in [3.05, 3.63) is 45.4 Å². The predicted molar refractivity (Wildman–Crippen MR) is 88.8 cm³/mol. The van der Waals surface area contributed by atoms with Crippen molar-refractivity contribution < 1.29 is 9.53 Å². The number of nitrogens with one attached hydrogen (secondary N) is 1. The molecule has 2 rings (SSSR count). The number of methoxy groups -OCH3 is 1. The van der Waals surface area contributed by atoms with E-state index in [-0.39, 0.29) is 5.91 Å². The highest BCUT2D eigenvalue weighted by atomic mass is 79.9. The van der Waals surface area contributed by atoms with E-state index < -0.39 is 0 Å². The van der Waals surface area contributed by atoms with E-state index in [1.54, 1.807) is 7.11 Å². The summed E-state index contributed by atoms with van der Waals surface area (Å²) < 4.78 is 5.99. The topological polar surface area (TPSA) is 51.2 Å². The number of halogens is 1. The van der Waals surface area contributed by atoms with Crippen molar-refractivity contribution >= 4 is 38.3 Å². The van der Waals surface area contributed by atoms with Crippen LogP contribution in [0.25, 0.3) is 0 Å². The number of rotatable bonds is 7. The van der Waals surface area contributed by atoms with E-state index in [1.165, 1.54) is 16.9 Å². The van der Waals surface area contributed by atoms with Crippen molar-refractivity contribution in [1.82, 2.24) is 4.98 Å². The van der Waals surface area contributed by atoms with Gasteiger partial charge in [0.05, 0.1) is 5.69 Å². The number of carbonyl (C=O) groups is 1. The van der Waals surface area contributed by atoms with Crippen LogP contribution in [0, 0.1) is 0 Å². The van der Waals surface area contributed by atoms with Gasteiger partial charge in [0.25, 0.3) is 0 Å². The Balaban J connectivity index is 1.86. The van der Waals surface area contributed by atoms with Gasteiger partial charge in [-0.1, -0.05) is 28.1 Å². The lowest BCUT2D eigenvalue weighted by Gasteiger charge is -2.01. The predicted octanol–water partition coefficient (Wildman–Crippen LogP) is 3.86. The first-order chi connectivity index (χ1) is 10.2. The summed E-state index contributed by atoms with van der Waals surface area (Å²) in [6.07, 6.45) is 1.94. The molecule has 1 N–H and O–H groups in total. The van der Waals surface area contributed by atoms with Crippen LogP contribution in [-0.4, -0.2) is 24.6 Å². The van der Waals surface area contributed by atoms with Gasteiger partial charge in [-0.15, -0.1) is 11.3 Å². The molecule has 21 heavy (non-hydrogen) atoms. The number of aromatic nitrogens is 1. The van der Waals surface area contributed by atoms with Crippen LogP contribution in [-0.2, 0) is 16.0 Å². The molecule has 0 aliphatic rings. The van der Waals surface area contributed by atoms with Crippen molar-refractivity contribution in [3.8, 4) is 0 Å². The van der Waals surface area contributed by atoms with Crippen LogP contribution in [0.4, 0.5) is 5.13 Å². The zero-order chi connectivity index (χ0) is 15.1. The number of ether oxygens (including phenoxy) is 1. The van der Waals surface area contributed by atoms with E-state index in [4.69, 9.17) is 4.74 Å². The van der Waals surface area contributed by atoms with Crippen molar-refractivity contribution in [1.29, 1.82) is 0 Å². The van der Waals surface area contributed by atoms with E-state index in [0.29, 0.717) is 18.2 Å². The molecule has 1 amide bonds. The summed E-state index contributed by atoms with van der Waals surface area (Å²) in [5.74, 6) is -0.0170. The molecule has 1 aromatic heterocycles. The fraction of sp³-hybridized carbons (Fsp3) is 0.333. The van der Waals surface area contributed by atoms with E-state index in [1.807, 2.05) is 17.5 Å². The van der Waals surface area contributed by atoms with E-state index in [0.717, 1.165) is 23.0 Å². The van der Waals surface area contributed by atoms with Gasteiger partial charge >= 0.3 is 0 Å². The fourth-order valence-corrected chi connectivity index (χ4v) is 2.81. The number of amides is 1. The molecule has 0 aliphatic heterocycles. The number of carbonyl (C=O) groups excluding carboxylic acids is 1. The number of hydrogen-bond donors (Lipinski definition) is 1. The third-order valence-corrected chi connectivity index (χ3v) is 4.18. The molecule has 2 aromatic rings. The minimum absolute atomic E-state index is 0.0170. The molecule has 0 aliphatic carbocycles. The zero-order valence-corrected chi connectivity index (χ0v) is 14.2. The first kappa shape index (κ1) is 16.1. The van der Waals surface area contributed by atoms with Gasteiger partial charge in [0, 0.05) is 36.4 Å². The summed E-state index contributed by atoms with van der Waals surface area (Å²) in [6, 6.07) is 8.15. The largest absolute Gasteiger partial charge is 0.385 e. The standard InChI is InChI=1S/C15H17BrN2O2S/c1-20-8-2-3-14(19)18-15-17-13(10-21-15)9-11-4-6-12(16)7-5-11/h4-7,10H,2-3,8-9H2,1H3,(H,17,18,19). The summed E-state index contributed by atoms with van der Waals surface area (Å²) >= 11 is 4.87. The summed E-state index contributed by atoms with van der Waals surface area (Å²) in [7, 11) is 1.63. The minimum atomic E-state index is -0.0170. The van der Waals surface area contributed by atoms with E-state index >= 15 is 0 Å². The Kier molecular flexibility index (Phi) is 6.35. The normalized spacial score (nSPS) is 10.6. The Morgan fingerprint density at radius 2 is 2.14 bits per heavy atom. The minimum Gasteiger partial charge on any atom is -0.385 e. The number of hydrogen-bond acceptors (Lipinski definition) is 4. The van der Waals surface area contributed by atoms with Crippen LogP contribution in [0.3, 0.4) is 0 Å². The molecule has 4 nitrogen and oxygen atoms in total. The zero-order valence-electron chi connectivity index (χ0n) is 11.8. The summed E-state index contributed by atoms with van der Waals surface area (Å²) in [4.78, 5) is 16.1. The molecule has 1 heterocycles. The lowest BCUT2D eigenvalue weighted by molar-refractivity contribution is -0.116. The van der Waals surface area contributed by atoms with Crippen LogP contribution in [0.5, 0.6) is 0 Å². The Morgan fingerprint density at radius 1 is 1.38 bits per heavy atom. The molecule has 0 radical (unpaired) electrons. The quantitative estimate of drug-likeness (QED) is 0.754. The van der Waals surface area contributed by atoms with Gasteiger partial charge in [-0.25, -0.2) is 4.98 Å². The SMILES string of the molecule is COCCCC(=O)Nc1nc(Cc2ccc(Br)cc2)cs1. The number of thiazole rings is 1. The molecule has 0 atom stereocenters. The molecule has 0 spiro atoms. The number of nitrogens with zero attached hydrogens (tertiary/aromatic N) is 1. The molecule has 0 fully saturated rings. The van der Waals surface area contributed by atoms with Gasteiger partial charge in [-0.3, -0.25) is 4.79 Å². The highest BCUT2D eigenvalue weighted by Crippen LogP contribution is 2.19. The smallest absolute Gasteiger partial charge is 0.226 e. The lowest BCUT2D eigenvalue weighted by atomic mass is 10.1. The Hall–Kier alpha value is -1.24. The molecule has 1 aromatic carbocycles. The molecule has 0 bridgehead atoms. The van der Waals surface area contributed by atoms with Crippen molar-refractivity contribution in [2.75, 3.05) is 19.0 Å². The van der Waals surface area contributed by atoms with Crippen molar-refractivity contribution in [2.24, 2.45) is 0 Å². The van der Waals surface area contributed by atoms with E-state index in [2.05, 4.69) is 38.4 Å². The lowest BCUT2D eigenvalue weighted by Crippen LogP contribution is -2.11. The molecule has 0 saturated heterocycles. The van der Waals surface area contributed by atoms with Crippen LogP contribution < -0.4 is 5.32 Å². The van der Waals surface area contributed by atoms with E-state index in [9.17, 15) is 4.79 Å². The number of benzene rings is 1. The number of anilines is 1. The monoisotopic (exact) mass is 368 g/mol. The van der Waals surface area contributed by atoms with Gasteiger partial charge in [0.15, 0.2) is 5.13 Å². The first-order valence-electron chi connectivity index (χ1n) is 6.65. The summed E-state index contributed by atoms with van der Waals surface area (Å²) in [5.41, 5.74) is 2.16. The molecule has 0 unspecified atom stereocenters. The van der Waals surface area contributed by atoms with Gasteiger partial charge in [0.2, 0.25) is 5.91 Å². The van der Waals surface area contributed by atoms with Gasteiger partial charge in [-0.2, -0.15) is 0 Å². The molecule has 6 heteroatoms. The van der Waals surface area contributed by atoms with Crippen LogP contribution >= 0.6 is 27.3 Å². The highest BCUT2D eigenvalue weighted by Gasteiger charge is 2.07. The van der Waals surface area contributed by atoms with Gasteiger partial charge in [0.1, 0.15) is 0 Å². The Morgan fingerprint density at radius 3 is 2.86 bits per heavy atom. The average molecular weight is 369 g/mol. The highest BCUT2D eigenvalue weighted by molar-refractivity contribution is 9.10. The molecule has 0 saturated carbocycles. The Bertz CT molecular complexity index is 584. The van der Waals surface area contributed by atoms with Gasteiger partial charge < -0.3 is 10.1 Å². The third-order valence-electron chi connectivity index (χ3n) is 2.85. The maximum atomic E-state index is 11.7. The molecule has 112 valence electrons. The average Bonchev–Trinajstić information content (AvgIpc) is 2.89. The summed E-state index contributed by atoms with van der Waals surface area (Å²) in [6.45, 7) is 0.597. The van der Waals surface area contributed by atoms with Crippen LogP contribution in [0.2, 0.25) is 0 Å². The van der Waals surface area contributed by atoms with Crippen LogP contribution in [0.1, 0.15) is 24.1 Å². The molecular weight excluding hydrogens is 352 g/mol. The van der Waals surface area contributed by atoms with Crippen molar-refractivity contribution in [2.45, 2.75) is 19.3 Å². The fourth-order valence-electron chi connectivity index (χ4n) is 1.82. The second kappa shape index (κ2) is 8.26. The second-order valence-electron chi connectivity index (χ2n) is 4.59.